The normalized spacial score (nSPS) is 11.0. The van der Waals surface area contributed by atoms with E-state index in [-0.39, 0.29) is 11.2 Å². The summed E-state index contributed by atoms with van der Waals surface area (Å²) in [6, 6.07) is 5.15. The summed E-state index contributed by atoms with van der Waals surface area (Å²) in [6.45, 7) is 0.328. The number of nitrogens with one attached hydrogen (secondary N) is 1. The quantitative estimate of drug-likeness (QED) is 0.513. The highest BCUT2D eigenvalue weighted by molar-refractivity contribution is 7.98. The van der Waals surface area contributed by atoms with E-state index >= 15 is 0 Å². The van der Waals surface area contributed by atoms with Crippen molar-refractivity contribution < 1.29 is 4.79 Å². The Labute approximate surface area is 150 Å². The zero-order valence-corrected chi connectivity index (χ0v) is 14.7. The van der Waals surface area contributed by atoms with E-state index in [4.69, 9.17) is 28.9 Å². The molecular weight excluding hydrogens is 373 g/mol. The third kappa shape index (κ3) is 3.10. The molecule has 124 valence electrons. The van der Waals surface area contributed by atoms with Crippen LogP contribution in [0.25, 0.3) is 5.65 Å². The van der Waals surface area contributed by atoms with Gasteiger partial charge >= 0.3 is 0 Å². The molecule has 0 aliphatic carbocycles. The molecule has 1 amide bonds. The number of carbonyl (C=O) groups is 1. The van der Waals surface area contributed by atoms with Crippen molar-refractivity contribution in [2.45, 2.75) is 11.7 Å². The molecule has 0 aliphatic rings. The molecule has 3 aromatic rings. The Kier molecular flexibility index (Phi) is 4.74. The molecule has 0 spiro atoms. The van der Waals surface area contributed by atoms with Crippen molar-refractivity contribution >= 4 is 52.3 Å². The van der Waals surface area contributed by atoms with Gasteiger partial charge in [-0.2, -0.15) is 4.52 Å². The van der Waals surface area contributed by atoms with E-state index in [0.29, 0.717) is 27.6 Å². The molecule has 0 atom stereocenters. The van der Waals surface area contributed by atoms with E-state index in [1.54, 1.807) is 18.2 Å². The molecule has 2 heterocycles. The molecule has 0 radical (unpaired) electrons. The summed E-state index contributed by atoms with van der Waals surface area (Å²) in [7, 11) is 0. The maximum Gasteiger partial charge on any atom is 0.256 e. The lowest BCUT2D eigenvalue weighted by molar-refractivity contribution is 0.100. The maximum absolute atomic E-state index is 11.8. The monoisotopic (exact) mass is 383 g/mol. The lowest BCUT2D eigenvalue weighted by atomic mass is 10.2. The highest BCUT2D eigenvalue weighted by Gasteiger charge is 2.20. The fourth-order valence-electron chi connectivity index (χ4n) is 2.11. The van der Waals surface area contributed by atoms with Gasteiger partial charge in [0.1, 0.15) is 11.4 Å². The van der Waals surface area contributed by atoms with Crippen LogP contribution in [-0.4, -0.2) is 37.2 Å². The molecule has 0 bridgehead atoms. The van der Waals surface area contributed by atoms with Crippen LogP contribution in [0.15, 0.2) is 23.4 Å². The molecule has 0 aliphatic heterocycles. The second-order valence-electron chi connectivity index (χ2n) is 4.69. The number of primary amides is 1. The van der Waals surface area contributed by atoms with E-state index in [0.717, 1.165) is 5.56 Å². The average Bonchev–Trinajstić information content (AvgIpc) is 3.01. The largest absolute Gasteiger partial charge is 0.365 e. The Bertz CT molecular complexity index is 930. The zero-order valence-electron chi connectivity index (χ0n) is 12.3. The van der Waals surface area contributed by atoms with E-state index in [9.17, 15) is 4.79 Å². The predicted molar refractivity (Wildman–Crippen MR) is 92.7 cm³/mol. The van der Waals surface area contributed by atoms with Crippen LogP contribution in [0, 0.1) is 0 Å². The van der Waals surface area contributed by atoms with Crippen LogP contribution in [0.2, 0.25) is 10.0 Å². The van der Waals surface area contributed by atoms with Crippen LogP contribution in [0.3, 0.4) is 0 Å². The summed E-state index contributed by atoms with van der Waals surface area (Å²) in [5.41, 5.74) is 6.62. The minimum absolute atomic E-state index is 0.114. The number of halogens is 2. The Morgan fingerprint density at radius 1 is 1.42 bits per heavy atom. The fourth-order valence-corrected chi connectivity index (χ4v) is 3.06. The van der Waals surface area contributed by atoms with Gasteiger partial charge in [-0.3, -0.25) is 4.79 Å². The molecule has 1 aromatic carbocycles. The lowest BCUT2D eigenvalue weighted by Crippen LogP contribution is -2.18. The standard InChI is InChI=1S/C13H11Cl2N7OS/c1-24-13-18-11(9(10(16)23)12-19-20-21-22(12)13)17-5-6-2-3-7(14)4-8(6)15/h2-4,17H,5H2,1H3,(H2,16,23). The molecule has 0 saturated heterocycles. The molecule has 24 heavy (non-hydrogen) atoms. The first-order valence-corrected chi connectivity index (χ1v) is 8.63. The SMILES string of the molecule is CSc1nc(NCc2ccc(Cl)cc2Cl)c(C(N)=O)c2nnnn12. The van der Waals surface area contributed by atoms with Gasteiger partial charge in [0.15, 0.2) is 10.8 Å². The third-order valence-electron chi connectivity index (χ3n) is 3.21. The first kappa shape index (κ1) is 16.7. The predicted octanol–water partition coefficient (Wildman–Crippen LogP) is 2.26. The number of nitrogens with zero attached hydrogens (tertiary/aromatic N) is 5. The number of anilines is 1. The van der Waals surface area contributed by atoms with Crippen molar-refractivity contribution in [1.82, 2.24) is 25.0 Å². The van der Waals surface area contributed by atoms with Crippen molar-refractivity contribution in [2.24, 2.45) is 5.73 Å². The summed E-state index contributed by atoms with van der Waals surface area (Å²) in [6.07, 6.45) is 1.83. The summed E-state index contributed by atoms with van der Waals surface area (Å²) < 4.78 is 1.37. The number of benzene rings is 1. The number of amides is 1. The molecule has 3 N–H and O–H groups in total. The number of carbonyl (C=O) groups excluding carboxylic acids is 1. The first-order chi connectivity index (χ1) is 11.5. The molecule has 3 rings (SSSR count). The second-order valence-corrected chi connectivity index (χ2v) is 6.31. The summed E-state index contributed by atoms with van der Waals surface area (Å²) in [4.78, 5) is 16.2. The van der Waals surface area contributed by atoms with E-state index < -0.39 is 5.91 Å². The lowest BCUT2D eigenvalue weighted by Gasteiger charge is -2.12. The van der Waals surface area contributed by atoms with Gasteiger partial charge in [0.05, 0.1) is 0 Å². The fraction of sp³-hybridized carbons (Fsp3) is 0.154. The van der Waals surface area contributed by atoms with Crippen LogP contribution in [-0.2, 0) is 6.54 Å². The molecule has 0 fully saturated rings. The number of rotatable bonds is 5. The third-order valence-corrected chi connectivity index (χ3v) is 4.43. The highest BCUT2D eigenvalue weighted by atomic mass is 35.5. The number of hydrogen-bond acceptors (Lipinski definition) is 7. The number of nitrogens with two attached hydrogens (primary N) is 1. The van der Waals surface area contributed by atoms with Gasteiger partial charge in [0.2, 0.25) is 0 Å². The second kappa shape index (κ2) is 6.80. The van der Waals surface area contributed by atoms with Crippen molar-refractivity contribution in [3.63, 3.8) is 0 Å². The molecule has 0 unspecified atom stereocenters. The van der Waals surface area contributed by atoms with Crippen molar-refractivity contribution in [1.29, 1.82) is 0 Å². The van der Waals surface area contributed by atoms with Crippen LogP contribution in [0.4, 0.5) is 5.82 Å². The van der Waals surface area contributed by atoms with E-state index in [1.165, 1.54) is 16.3 Å². The number of fused-ring (bicyclic) bond motifs is 1. The Hall–Kier alpha value is -2.10. The molecule has 8 nitrogen and oxygen atoms in total. The topological polar surface area (TPSA) is 111 Å². The average molecular weight is 384 g/mol. The van der Waals surface area contributed by atoms with Gasteiger partial charge in [-0.05, 0) is 34.4 Å². The number of aromatic nitrogens is 5. The van der Waals surface area contributed by atoms with Crippen LogP contribution < -0.4 is 11.1 Å². The van der Waals surface area contributed by atoms with Gasteiger partial charge in [0.25, 0.3) is 5.91 Å². The zero-order chi connectivity index (χ0) is 17.3. The van der Waals surface area contributed by atoms with E-state index in [1.807, 2.05) is 6.26 Å². The number of thioether (sulfide) groups is 1. The van der Waals surface area contributed by atoms with Crippen molar-refractivity contribution in [3.8, 4) is 0 Å². The highest BCUT2D eigenvalue weighted by Crippen LogP contribution is 2.25. The molecule has 2 aromatic heterocycles. The van der Waals surface area contributed by atoms with Crippen LogP contribution in [0.5, 0.6) is 0 Å². The van der Waals surface area contributed by atoms with Crippen molar-refractivity contribution in [2.75, 3.05) is 11.6 Å². The maximum atomic E-state index is 11.8. The summed E-state index contributed by atoms with van der Waals surface area (Å²) >= 11 is 13.4. The van der Waals surface area contributed by atoms with E-state index in [2.05, 4.69) is 25.8 Å². The van der Waals surface area contributed by atoms with Crippen molar-refractivity contribution in [3.05, 3.63) is 39.4 Å². The number of hydrogen-bond donors (Lipinski definition) is 2. The summed E-state index contributed by atoms with van der Waals surface area (Å²) in [5, 5.41) is 15.9. The minimum Gasteiger partial charge on any atom is -0.365 e. The summed E-state index contributed by atoms with van der Waals surface area (Å²) in [5.74, 6) is -0.389. The van der Waals surface area contributed by atoms with Gasteiger partial charge in [-0.15, -0.1) is 5.10 Å². The van der Waals surface area contributed by atoms with Gasteiger partial charge in [-0.1, -0.05) is 41.0 Å². The number of tetrazole rings is 1. The molecule has 0 saturated carbocycles. The Morgan fingerprint density at radius 3 is 2.88 bits per heavy atom. The van der Waals surface area contributed by atoms with Crippen LogP contribution in [0.1, 0.15) is 15.9 Å². The van der Waals surface area contributed by atoms with Gasteiger partial charge in [0, 0.05) is 16.6 Å². The Morgan fingerprint density at radius 2 is 2.21 bits per heavy atom. The van der Waals surface area contributed by atoms with Crippen LogP contribution >= 0.6 is 35.0 Å². The smallest absolute Gasteiger partial charge is 0.256 e. The van der Waals surface area contributed by atoms with Gasteiger partial charge in [-0.25, -0.2) is 4.98 Å². The first-order valence-electron chi connectivity index (χ1n) is 6.65. The van der Waals surface area contributed by atoms with Gasteiger partial charge < -0.3 is 11.1 Å². The minimum atomic E-state index is -0.681. The molecule has 11 heteroatoms. The Balaban J connectivity index is 2.01. The molecular formula is C13H11Cl2N7OS.